The van der Waals surface area contributed by atoms with E-state index in [-0.39, 0.29) is 12.4 Å². The van der Waals surface area contributed by atoms with Crippen LogP contribution in [0.2, 0.25) is 0 Å². The summed E-state index contributed by atoms with van der Waals surface area (Å²) in [7, 11) is 0. The van der Waals surface area contributed by atoms with Gasteiger partial charge >= 0.3 is 5.97 Å². The molecular weight excluding hydrogens is 272 g/mol. The molecule has 0 spiro atoms. The molecule has 0 N–H and O–H groups in total. The minimum atomic E-state index is -0.216. The fraction of sp³-hybridized carbons (Fsp3) is 0.235. The van der Waals surface area contributed by atoms with Crippen LogP contribution in [-0.4, -0.2) is 12.6 Å². The van der Waals surface area contributed by atoms with E-state index in [4.69, 9.17) is 16.3 Å². The Morgan fingerprint density at radius 3 is 2.45 bits per heavy atom. The number of hydrogen-bond acceptors (Lipinski definition) is 2. The molecule has 2 aromatic rings. The SMILES string of the molecule is CCOC(=O)Cc1ccc(-c2ccccc2)cc1CCl. The van der Waals surface area contributed by atoms with E-state index in [1.165, 1.54) is 0 Å². The number of alkyl halides is 1. The predicted molar refractivity (Wildman–Crippen MR) is 81.8 cm³/mol. The maximum atomic E-state index is 11.6. The van der Waals surface area contributed by atoms with Gasteiger partial charge in [-0.2, -0.15) is 0 Å². The highest BCUT2D eigenvalue weighted by Crippen LogP contribution is 2.24. The number of carbonyl (C=O) groups is 1. The molecule has 104 valence electrons. The molecule has 20 heavy (non-hydrogen) atoms. The molecule has 0 aliphatic rings. The van der Waals surface area contributed by atoms with Gasteiger partial charge in [0.2, 0.25) is 0 Å². The van der Waals surface area contributed by atoms with E-state index in [9.17, 15) is 4.79 Å². The summed E-state index contributed by atoms with van der Waals surface area (Å²) in [6, 6.07) is 16.1. The summed E-state index contributed by atoms with van der Waals surface area (Å²) < 4.78 is 4.98. The largest absolute Gasteiger partial charge is 0.466 e. The van der Waals surface area contributed by atoms with Gasteiger partial charge in [0, 0.05) is 5.88 Å². The number of halogens is 1. The van der Waals surface area contributed by atoms with Crippen molar-refractivity contribution >= 4 is 17.6 Å². The predicted octanol–water partition coefficient (Wildman–Crippen LogP) is 4.20. The lowest BCUT2D eigenvalue weighted by atomic mass is 9.98. The van der Waals surface area contributed by atoms with E-state index < -0.39 is 0 Å². The smallest absolute Gasteiger partial charge is 0.310 e. The van der Waals surface area contributed by atoms with Crippen molar-refractivity contribution in [3.05, 3.63) is 59.7 Å². The first kappa shape index (κ1) is 14.6. The van der Waals surface area contributed by atoms with Gasteiger partial charge in [-0.3, -0.25) is 4.79 Å². The molecule has 0 fully saturated rings. The first-order chi connectivity index (χ1) is 9.74. The zero-order valence-electron chi connectivity index (χ0n) is 11.4. The van der Waals surface area contributed by atoms with E-state index >= 15 is 0 Å². The lowest BCUT2D eigenvalue weighted by molar-refractivity contribution is -0.142. The third kappa shape index (κ3) is 3.61. The first-order valence-electron chi connectivity index (χ1n) is 6.63. The molecule has 3 heteroatoms. The molecule has 2 nitrogen and oxygen atoms in total. The second-order valence-corrected chi connectivity index (χ2v) is 4.73. The van der Waals surface area contributed by atoms with Gasteiger partial charge in [-0.15, -0.1) is 11.6 Å². The topological polar surface area (TPSA) is 26.3 Å². The van der Waals surface area contributed by atoms with Gasteiger partial charge in [0.25, 0.3) is 0 Å². The molecule has 0 atom stereocenters. The quantitative estimate of drug-likeness (QED) is 0.609. The molecule has 0 unspecified atom stereocenters. The van der Waals surface area contributed by atoms with E-state index in [2.05, 4.69) is 12.1 Å². The van der Waals surface area contributed by atoms with Gasteiger partial charge in [0.1, 0.15) is 0 Å². The molecule has 0 saturated carbocycles. The number of carbonyl (C=O) groups excluding carboxylic acids is 1. The molecule has 0 aromatic heterocycles. The van der Waals surface area contributed by atoms with Crippen molar-refractivity contribution in [1.82, 2.24) is 0 Å². The van der Waals surface area contributed by atoms with Crippen LogP contribution in [0.4, 0.5) is 0 Å². The Morgan fingerprint density at radius 2 is 1.80 bits per heavy atom. The van der Waals surface area contributed by atoms with Crippen LogP contribution in [0.3, 0.4) is 0 Å². The summed E-state index contributed by atoms with van der Waals surface area (Å²) in [4.78, 5) is 11.6. The number of esters is 1. The number of rotatable bonds is 5. The second-order valence-electron chi connectivity index (χ2n) is 4.46. The van der Waals surface area contributed by atoms with Crippen LogP contribution in [-0.2, 0) is 21.8 Å². The summed E-state index contributed by atoms with van der Waals surface area (Å²) in [5, 5.41) is 0. The summed E-state index contributed by atoms with van der Waals surface area (Å²) in [5.41, 5.74) is 4.15. The Kier molecular flexibility index (Phi) is 5.19. The Bertz CT molecular complexity index is 579. The van der Waals surface area contributed by atoms with Crippen LogP contribution in [0.25, 0.3) is 11.1 Å². The fourth-order valence-corrected chi connectivity index (χ4v) is 2.35. The van der Waals surface area contributed by atoms with Gasteiger partial charge in [0.05, 0.1) is 13.0 Å². The summed E-state index contributed by atoms with van der Waals surface area (Å²) in [5.74, 6) is 0.168. The van der Waals surface area contributed by atoms with Gasteiger partial charge < -0.3 is 4.74 Å². The number of hydrogen-bond donors (Lipinski definition) is 0. The zero-order valence-corrected chi connectivity index (χ0v) is 12.2. The van der Waals surface area contributed by atoms with Crippen molar-refractivity contribution in [1.29, 1.82) is 0 Å². The van der Waals surface area contributed by atoms with Crippen molar-refractivity contribution in [3.63, 3.8) is 0 Å². The van der Waals surface area contributed by atoms with E-state index in [0.717, 1.165) is 22.3 Å². The van der Waals surface area contributed by atoms with Crippen molar-refractivity contribution in [3.8, 4) is 11.1 Å². The molecule has 0 aliphatic heterocycles. The molecule has 0 aliphatic carbocycles. The third-order valence-corrected chi connectivity index (χ3v) is 3.39. The zero-order chi connectivity index (χ0) is 14.4. The summed E-state index contributed by atoms with van der Waals surface area (Å²) >= 11 is 6.00. The monoisotopic (exact) mass is 288 g/mol. The van der Waals surface area contributed by atoms with Crippen molar-refractivity contribution in [2.45, 2.75) is 19.2 Å². The number of benzene rings is 2. The highest BCUT2D eigenvalue weighted by molar-refractivity contribution is 6.17. The lowest BCUT2D eigenvalue weighted by Gasteiger charge is -2.10. The van der Waals surface area contributed by atoms with Crippen LogP contribution < -0.4 is 0 Å². The van der Waals surface area contributed by atoms with Gasteiger partial charge in [-0.25, -0.2) is 0 Å². The maximum absolute atomic E-state index is 11.6. The second kappa shape index (κ2) is 7.11. The van der Waals surface area contributed by atoms with Crippen molar-refractivity contribution < 1.29 is 9.53 Å². The van der Waals surface area contributed by atoms with E-state index in [0.29, 0.717) is 12.5 Å². The molecule has 0 saturated heterocycles. The van der Waals surface area contributed by atoms with Crippen LogP contribution >= 0.6 is 11.6 Å². The van der Waals surface area contributed by atoms with Crippen molar-refractivity contribution in [2.75, 3.05) is 6.61 Å². The van der Waals surface area contributed by atoms with Crippen LogP contribution in [0, 0.1) is 0 Å². The average molecular weight is 289 g/mol. The van der Waals surface area contributed by atoms with Crippen LogP contribution in [0.5, 0.6) is 0 Å². The first-order valence-corrected chi connectivity index (χ1v) is 7.17. The minimum Gasteiger partial charge on any atom is -0.466 e. The minimum absolute atomic E-state index is 0.216. The molecular formula is C17H17ClO2. The normalized spacial score (nSPS) is 10.3. The molecule has 2 aromatic carbocycles. The lowest BCUT2D eigenvalue weighted by Crippen LogP contribution is -2.09. The molecule has 0 amide bonds. The highest BCUT2D eigenvalue weighted by atomic mass is 35.5. The highest BCUT2D eigenvalue weighted by Gasteiger charge is 2.09. The summed E-state index contributed by atoms with van der Waals surface area (Å²) in [6.07, 6.45) is 0.269. The molecule has 2 rings (SSSR count). The Balaban J connectivity index is 2.26. The molecule has 0 bridgehead atoms. The van der Waals surface area contributed by atoms with Gasteiger partial charge in [-0.1, -0.05) is 42.5 Å². The Hall–Kier alpha value is -1.80. The van der Waals surface area contributed by atoms with Crippen LogP contribution in [0.1, 0.15) is 18.1 Å². The number of ether oxygens (including phenoxy) is 1. The van der Waals surface area contributed by atoms with Gasteiger partial charge in [-0.05, 0) is 35.2 Å². The van der Waals surface area contributed by atoms with E-state index in [1.807, 2.05) is 36.4 Å². The fourth-order valence-electron chi connectivity index (χ4n) is 2.10. The van der Waals surface area contributed by atoms with E-state index in [1.54, 1.807) is 6.92 Å². The summed E-state index contributed by atoms with van der Waals surface area (Å²) in [6.45, 7) is 2.20. The third-order valence-electron chi connectivity index (χ3n) is 3.10. The molecule has 0 radical (unpaired) electrons. The molecule has 0 heterocycles. The van der Waals surface area contributed by atoms with Crippen LogP contribution in [0.15, 0.2) is 48.5 Å². The van der Waals surface area contributed by atoms with Crippen molar-refractivity contribution in [2.24, 2.45) is 0 Å². The maximum Gasteiger partial charge on any atom is 0.310 e. The standard InChI is InChI=1S/C17H17ClO2/c1-2-20-17(19)11-15-9-8-14(10-16(15)12-18)13-6-4-3-5-7-13/h3-10H,2,11-12H2,1H3. The van der Waals surface area contributed by atoms with Gasteiger partial charge in [0.15, 0.2) is 0 Å². The average Bonchev–Trinajstić information content (AvgIpc) is 2.49. The Labute approximate surface area is 124 Å². The Morgan fingerprint density at radius 1 is 1.05 bits per heavy atom.